The van der Waals surface area contributed by atoms with E-state index in [0.717, 1.165) is 31.9 Å². The van der Waals surface area contributed by atoms with E-state index in [4.69, 9.17) is 0 Å². The Morgan fingerprint density at radius 1 is 1.03 bits per heavy atom. The monoisotopic (exact) mass is 470 g/mol. The second-order valence-corrected chi connectivity index (χ2v) is 8.84. The van der Waals surface area contributed by atoms with Gasteiger partial charge in [-0.1, -0.05) is 26.0 Å². The average molecular weight is 471 g/mol. The Bertz CT molecular complexity index is 1180. The van der Waals surface area contributed by atoms with E-state index in [2.05, 4.69) is 22.2 Å². The Kier molecular flexibility index (Phi) is 7.66. The Balaban J connectivity index is 0.00000306. The van der Waals surface area contributed by atoms with Crippen molar-refractivity contribution in [1.29, 1.82) is 0 Å². The molecule has 3 aromatic rings. The quantitative estimate of drug-likeness (QED) is 0.593. The van der Waals surface area contributed by atoms with Crippen LogP contribution in [-0.4, -0.2) is 53.7 Å². The first-order valence-corrected chi connectivity index (χ1v) is 11.0. The first-order valence-electron chi connectivity index (χ1n) is 11.0. The number of piperazine rings is 1. The molecule has 1 fully saturated rings. The zero-order chi connectivity index (χ0) is 22.8. The highest BCUT2D eigenvalue weighted by Gasteiger charge is 2.23. The fourth-order valence-electron chi connectivity index (χ4n) is 4.15. The molecule has 0 radical (unpaired) electrons. The summed E-state index contributed by atoms with van der Waals surface area (Å²) in [6.07, 6.45) is 0. The number of anilines is 2. The first kappa shape index (κ1) is 24.6. The number of likely N-dealkylation sites (N-methyl/N-ethyl adjacent to an activating group) is 1. The van der Waals surface area contributed by atoms with Gasteiger partial charge in [0.2, 0.25) is 0 Å². The number of carbonyl (C=O) groups excluding carboxylic acids is 1. The molecule has 1 amide bonds. The Morgan fingerprint density at radius 3 is 2.30 bits per heavy atom. The second-order valence-electron chi connectivity index (χ2n) is 8.84. The van der Waals surface area contributed by atoms with Crippen LogP contribution < -0.4 is 15.8 Å². The van der Waals surface area contributed by atoms with Crippen molar-refractivity contribution in [3.63, 3.8) is 0 Å². The fraction of sp³-hybridized carbons (Fsp3) is 0.360. The molecule has 1 aliphatic heterocycles. The van der Waals surface area contributed by atoms with E-state index in [1.54, 1.807) is 22.8 Å². The van der Waals surface area contributed by atoms with Crippen molar-refractivity contribution in [2.24, 2.45) is 5.92 Å². The smallest absolute Gasteiger partial charge is 0.267 e. The molecule has 176 valence electrons. The number of aromatic hydroxyl groups is 1. The lowest BCUT2D eigenvalue weighted by atomic mass is 10.1. The number of nitrogens with one attached hydrogen (secondary N) is 1. The highest BCUT2D eigenvalue weighted by Crippen LogP contribution is 2.27. The summed E-state index contributed by atoms with van der Waals surface area (Å²) in [7, 11) is 2.12. The lowest BCUT2D eigenvalue weighted by Crippen LogP contribution is -2.44. The maximum absolute atomic E-state index is 13.2. The van der Waals surface area contributed by atoms with Crippen LogP contribution in [0.5, 0.6) is 5.75 Å². The van der Waals surface area contributed by atoms with Gasteiger partial charge < -0.3 is 24.8 Å². The summed E-state index contributed by atoms with van der Waals surface area (Å²) in [5.74, 6) is -0.682. The number of hydrogen-bond donors (Lipinski definition) is 2. The highest BCUT2D eigenvalue weighted by atomic mass is 35.5. The van der Waals surface area contributed by atoms with Crippen molar-refractivity contribution in [3.05, 3.63) is 64.4 Å². The van der Waals surface area contributed by atoms with E-state index in [1.165, 1.54) is 0 Å². The maximum atomic E-state index is 13.2. The topological polar surface area (TPSA) is 77.8 Å². The molecule has 1 saturated heterocycles. The molecule has 8 heteroatoms. The van der Waals surface area contributed by atoms with Crippen LogP contribution in [0.2, 0.25) is 0 Å². The van der Waals surface area contributed by atoms with Crippen LogP contribution >= 0.6 is 12.4 Å². The summed E-state index contributed by atoms with van der Waals surface area (Å²) < 4.78 is 1.57. The normalized spacial score (nSPS) is 14.4. The lowest BCUT2D eigenvalue weighted by molar-refractivity contribution is 0.102. The van der Waals surface area contributed by atoms with Crippen molar-refractivity contribution in [2.45, 2.75) is 20.4 Å². The molecule has 2 heterocycles. The number of halogens is 1. The molecule has 0 unspecified atom stereocenters. The Morgan fingerprint density at radius 2 is 1.67 bits per heavy atom. The molecule has 1 aliphatic rings. The Hall–Kier alpha value is -3.03. The SMILES string of the molecule is CC(C)Cn1c(=O)c(C(=O)Nc2ccc(N3CCN(C)CC3)cc2)c(O)c2ccccc21.Cl. The van der Waals surface area contributed by atoms with Crippen molar-refractivity contribution in [3.8, 4) is 5.75 Å². The second kappa shape index (κ2) is 10.3. The summed E-state index contributed by atoms with van der Waals surface area (Å²) in [6.45, 7) is 8.43. The minimum Gasteiger partial charge on any atom is -0.506 e. The molecule has 0 saturated carbocycles. The molecule has 0 aliphatic carbocycles. The van der Waals surface area contributed by atoms with Gasteiger partial charge >= 0.3 is 0 Å². The molecule has 2 aromatic carbocycles. The van der Waals surface area contributed by atoms with E-state index < -0.39 is 11.5 Å². The van der Waals surface area contributed by atoms with Gasteiger partial charge in [-0.25, -0.2) is 0 Å². The zero-order valence-electron chi connectivity index (χ0n) is 19.2. The van der Waals surface area contributed by atoms with Crippen LogP contribution in [0.3, 0.4) is 0 Å². The molecular formula is C25H31ClN4O3. The van der Waals surface area contributed by atoms with Crippen LogP contribution in [0, 0.1) is 5.92 Å². The number of para-hydroxylation sites is 1. The number of amides is 1. The van der Waals surface area contributed by atoms with Crippen molar-refractivity contribution >= 4 is 40.6 Å². The third-order valence-electron chi connectivity index (χ3n) is 5.91. The third-order valence-corrected chi connectivity index (χ3v) is 5.91. The van der Waals surface area contributed by atoms with E-state index in [9.17, 15) is 14.7 Å². The van der Waals surface area contributed by atoms with Crippen LogP contribution in [0.25, 0.3) is 10.9 Å². The minimum atomic E-state index is -0.608. The molecule has 1 aromatic heterocycles. The van der Waals surface area contributed by atoms with Gasteiger partial charge in [0, 0.05) is 49.5 Å². The number of carbonyl (C=O) groups is 1. The molecular weight excluding hydrogens is 440 g/mol. The number of hydrogen-bond acceptors (Lipinski definition) is 5. The summed E-state index contributed by atoms with van der Waals surface area (Å²) in [5.41, 5.74) is 1.59. The predicted octanol–water partition coefficient (Wildman–Crippen LogP) is 3.79. The summed E-state index contributed by atoms with van der Waals surface area (Å²) in [5, 5.41) is 14.1. The average Bonchev–Trinajstić information content (AvgIpc) is 2.78. The van der Waals surface area contributed by atoms with Gasteiger partial charge in [0.15, 0.2) is 0 Å². The minimum absolute atomic E-state index is 0. The lowest BCUT2D eigenvalue weighted by Gasteiger charge is -2.34. The zero-order valence-corrected chi connectivity index (χ0v) is 20.1. The maximum Gasteiger partial charge on any atom is 0.267 e. The number of rotatable bonds is 5. The molecule has 0 bridgehead atoms. The summed E-state index contributed by atoms with van der Waals surface area (Å²) in [6, 6.07) is 14.7. The van der Waals surface area contributed by atoms with Crippen LogP contribution in [0.1, 0.15) is 24.2 Å². The van der Waals surface area contributed by atoms with Crippen molar-refractivity contribution < 1.29 is 9.90 Å². The van der Waals surface area contributed by atoms with Crippen molar-refractivity contribution in [1.82, 2.24) is 9.47 Å². The first-order chi connectivity index (χ1) is 15.3. The van der Waals surface area contributed by atoms with Gasteiger partial charge in [-0.2, -0.15) is 0 Å². The molecule has 4 rings (SSSR count). The summed E-state index contributed by atoms with van der Waals surface area (Å²) >= 11 is 0. The van der Waals surface area contributed by atoms with Crippen molar-refractivity contribution in [2.75, 3.05) is 43.4 Å². The van der Waals surface area contributed by atoms with E-state index in [-0.39, 0.29) is 29.6 Å². The van der Waals surface area contributed by atoms with Gasteiger partial charge in [-0.3, -0.25) is 9.59 Å². The fourth-order valence-corrected chi connectivity index (χ4v) is 4.15. The van der Waals surface area contributed by atoms with E-state index >= 15 is 0 Å². The molecule has 0 spiro atoms. The molecule has 2 N–H and O–H groups in total. The Labute approximate surface area is 200 Å². The molecule has 33 heavy (non-hydrogen) atoms. The highest BCUT2D eigenvalue weighted by molar-refractivity contribution is 6.09. The number of fused-ring (bicyclic) bond motifs is 1. The van der Waals surface area contributed by atoms with Gasteiger partial charge in [0.1, 0.15) is 11.3 Å². The van der Waals surface area contributed by atoms with E-state index in [0.29, 0.717) is 23.1 Å². The number of benzene rings is 2. The van der Waals surface area contributed by atoms with Crippen LogP contribution in [0.4, 0.5) is 11.4 Å². The van der Waals surface area contributed by atoms with Crippen LogP contribution in [-0.2, 0) is 6.54 Å². The van der Waals surface area contributed by atoms with Gasteiger partial charge in [-0.05, 0) is 49.4 Å². The van der Waals surface area contributed by atoms with E-state index in [1.807, 2.05) is 44.2 Å². The molecule has 7 nitrogen and oxygen atoms in total. The standard InChI is InChI=1S/C25H30N4O3.ClH/c1-17(2)16-29-21-7-5-4-6-20(21)23(30)22(25(29)32)24(31)26-18-8-10-19(11-9-18)28-14-12-27(3)13-15-28;/h4-11,17,30H,12-16H2,1-3H3,(H,26,31);1H. The van der Waals surface area contributed by atoms with Gasteiger partial charge in [-0.15, -0.1) is 12.4 Å². The number of pyridine rings is 1. The largest absolute Gasteiger partial charge is 0.506 e. The van der Waals surface area contributed by atoms with Gasteiger partial charge in [0.25, 0.3) is 11.5 Å². The third kappa shape index (κ3) is 5.15. The van der Waals surface area contributed by atoms with Crippen LogP contribution in [0.15, 0.2) is 53.3 Å². The predicted molar refractivity (Wildman–Crippen MR) is 136 cm³/mol. The van der Waals surface area contributed by atoms with Gasteiger partial charge in [0.05, 0.1) is 5.52 Å². The summed E-state index contributed by atoms with van der Waals surface area (Å²) in [4.78, 5) is 30.9. The number of nitrogens with zero attached hydrogens (tertiary/aromatic N) is 3. The molecule has 0 atom stereocenters. The number of aromatic nitrogens is 1.